The van der Waals surface area contributed by atoms with Crippen molar-refractivity contribution in [3.05, 3.63) is 40.8 Å². The summed E-state index contributed by atoms with van der Waals surface area (Å²) in [4.78, 5) is 13.8. The molecule has 0 spiro atoms. The number of hydrogen-bond acceptors (Lipinski definition) is 3. The van der Waals surface area contributed by atoms with Crippen LogP contribution < -0.4 is 4.72 Å². The standard InChI is InChI=1S/C16H22N2O3S/c1-13-5-7-15(8-6-13)9-12-22(20,21)17-14(2)16(19)18-10-3-4-11-18/h5-9,12,14,17H,3-4,10-11H2,1-2H3/b12-9+/t14-/m0/s1. The first kappa shape index (κ1) is 16.7. The van der Waals surface area contributed by atoms with Crippen molar-refractivity contribution >= 4 is 22.0 Å². The molecule has 120 valence electrons. The summed E-state index contributed by atoms with van der Waals surface area (Å²) in [6.07, 6.45) is 3.49. The molecule has 22 heavy (non-hydrogen) atoms. The maximum Gasteiger partial charge on any atom is 0.240 e. The van der Waals surface area contributed by atoms with Crippen LogP contribution in [0.1, 0.15) is 30.9 Å². The molecule has 1 fully saturated rings. The molecule has 0 aliphatic carbocycles. The minimum absolute atomic E-state index is 0.162. The zero-order valence-corrected chi connectivity index (χ0v) is 13.8. The number of hydrogen-bond donors (Lipinski definition) is 1. The molecular formula is C16H22N2O3S. The van der Waals surface area contributed by atoms with Crippen LogP contribution in [0.25, 0.3) is 6.08 Å². The van der Waals surface area contributed by atoms with Gasteiger partial charge in [0.25, 0.3) is 0 Å². The Labute approximate surface area is 132 Å². The van der Waals surface area contributed by atoms with Crippen molar-refractivity contribution in [2.24, 2.45) is 0 Å². The van der Waals surface area contributed by atoms with Crippen LogP contribution in [0.4, 0.5) is 0 Å². The molecule has 0 bridgehead atoms. The van der Waals surface area contributed by atoms with Gasteiger partial charge in [0.05, 0.1) is 6.04 Å². The summed E-state index contributed by atoms with van der Waals surface area (Å²) in [5.41, 5.74) is 1.91. The van der Waals surface area contributed by atoms with Crippen LogP contribution >= 0.6 is 0 Å². The molecule has 1 aromatic carbocycles. The summed E-state index contributed by atoms with van der Waals surface area (Å²) in [7, 11) is -3.64. The molecule has 1 aliphatic heterocycles. The van der Waals surface area contributed by atoms with Gasteiger partial charge in [0.1, 0.15) is 0 Å². The van der Waals surface area contributed by atoms with Crippen molar-refractivity contribution in [2.45, 2.75) is 32.7 Å². The fourth-order valence-corrected chi connectivity index (χ4v) is 3.40. The van der Waals surface area contributed by atoms with E-state index in [2.05, 4.69) is 4.72 Å². The molecule has 1 aliphatic rings. The number of amides is 1. The molecule has 1 N–H and O–H groups in total. The number of carbonyl (C=O) groups excluding carboxylic acids is 1. The van der Waals surface area contributed by atoms with Gasteiger partial charge in [0, 0.05) is 18.5 Å². The maximum absolute atomic E-state index is 12.1. The van der Waals surface area contributed by atoms with Crippen LogP contribution in [0.3, 0.4) is 0 Å². The summed E-state index contributed by atoms with van der Waals surface area (Å²) < 4.78 is 26.5. The van der Waals surface area contributed by atoms with E-state index in [0.29, 0.717) is 13.1 Å². The van der Waals surface area contributed by atoms with Gasteiger partial charge in [-0.15, -0.1) is 0 Å². The lowest BCUT2D eigenvalue weighted by atomic mass is 10.2. The average Bonchev–Trinajstić information content (AvgIpc) is 2.99. The SMILES string of the molecule is Cc1ccc(/C=C/S(=O)(=O)N[C@@H](C)C(=O)N2CCCC2)cc1. The van der Waals surface area contributed by atoms with Gasteiger partial charge in [-0.2, -0.15) is 4.72 Å². The van der Waals surface area contributed by atoms with E-state index in [-0.39, 0.29) is 5.91 Å². The van der Waals surface area contributed by atoms with Crippen molar-refractivity contribution in [3.63, 3.8) is 0 Å². The predicted molar refractivity (Wildman–Crippen MR) is 87.5 cm³/mol. The minimum atomic E-state index is -3.64. The first-order chi connectivity index (χ1) is 10.4. The van der Waals surface area contributed by atoms with Crippen molar-refractivity contribution in [3.8, 4) is 0 Å². The Balaban J connectivity index is 1.97. The number of carbonyl (C=O) groups is 1. The lowest BCUT2D eigenvalue weighted by Crippen LogP contribution is -2.45. The van der Waals surface area contributed by atoms with Crippen molar-refractivity contribution in [2.75, 3.05) is 13.1 Å². The number of likely N-dealkylation sites (tertiary alicyclic amines) is 1. The van der Waals surface area contributed by atoms with Crippen LogP contribution in [0.15, 0.2) is 29.7 Å². The van der Waals surface area contributed by atoms with E-state index in [1.165, 1.54) is 6.08 Å². The molecule has 1 heterocycles. The monoisotopic (exact) mass is 322 g/mol. The highest BCUT2D eigenvalue weighted by Gasteiger charge is 2.25. The number of nitrogens with zero attached hydrogens (tertiary/aromatic N) is 1. The zero-order valence-electron chi connectivity index (χ0n) is 13.0. The molecule has 0 aromatic heterocycles. The van der Waals surface area contributed by atoms with E-state index in [1.54, 1.807) is 11.8 Å². The van der Waals surface area contributed by atoms with Gasteiger partial charge < -0.3 is 4.90 Å². The third kappa shape index (κ3) is 4.68. The third-order valence-electron chi connectivity index (χ3n) is 3.65. The molecule has 6 heteroatoms. The molecule has 2 rings (SSSR count). The number of rotatable bonds is 5. The first-order valence-corrected chi connectivity index (χ1v) is 8.98. The third-order valence-corrected chi connectivity index (χ3v) is 4.82. The van der Waals surface area contributed by atoms with Crippen LogP contribution in [0.2, 0.25) is 0 Å². The molecule has 0 saturated carbocycles. The topological polar surface area (TPSA) is 66.5 Å². The largest absolute Gasteiger partial charge is 0.341 e. The molecule has 0 unspecified atom stereocenters. The summed E-state index contributed by atoms with van der Waals surface area (Å²) in [6.45, 7) is 4.98. The summed E-state index contributed by atoms with van der Waals surface area (Å²) in [5, 5.41) is 1.10. The van der Waals surface area contributed by atoms with E-state index in [9.17, 15) is 13.2 Å². The van der Waals surface area contributed by atoms with Gasteiger partial charge in [-0.1, -0.05) is 29.8 Å². The molecular weight excluding hydrogens is 300 g/mol. The van der Waals surface area contributed by atoms with Crippen LogP contribution in [0, 0.1) is 6.92 Å². The quantitative estimate of drug-likeness (QED) is 0.900. The smallest absolute Gasteiger partial charge is 0.240 e. The van der Waals surface area contributed by atoms with Gasteiger partial charge in [0.2, 0.25) is 15.9 Å². The van der Waals surface area contributed by atoms with Crippen LogP contribution in [-0.4, -0.2) is 38.4 Å². The predicted octanol–water partition coefficient (Wildman–Crippen LogP) is 1.90. The average molecular weight is 322 g/mol. The second kappa shape index (κ2) is 7.07. The lowest BCUT2D eigenvalue weighted by Gasteiger charge is -2.20. The Morgan fingerprint density at radius 2 is 1.82 bits per heavy atom. The van der Waals surface area contributed by atoms with Gasteiger partial charge in [0.15, 0.2) is 0 Å². The Morgan fingerprint density at radius 1 is 1.23 bits per heavy atom. The molecule has 1 saturated heterocycles. The highest BCUT2D eigenvalue weighted by Crippen LogP contribution is 2.10. The Kier molecular flexibility index (Phi) is 5.37. The highest BCUT2D eigenvalue weighted by atomic mass is 32.2. The Morgan fingerprint density at radius 3 is 2.41 bits per heavy atom. The maximum atomic E-state index is 12.1. The zero-order chi connectivity index (χ0) is 16.2. The normalized spacial score (nSPS) is 17.1. The minimum Gasteiger partial charge on any atom is -0.341 e. The molecule has 1 amide bonds. The van der Waals surface area contributed by atoms with E-state index in [4.69, 9.17) is 0 Å². The fraction of sp³-hybridized carbons (Fsp3) is 0.438. The van der Waals surface area contributed by atoms with Crippen molar-refractivity contribution in [1.29, 1.82) is 0 Å². The first-order valence-electron chi connectivity index (χ1n) is 7.43. The number of aryl methyl sites for hydroxylation is 1. The summed E-state index contributed by atoms with van der Waals surface area (Å²) in [5.74, 6) is -0.162. The van der Waals surface area contributed by atoms with Crippen molar-refractivity contribution in [1.82, 2.24) is 9.62 Å². The van der Waals surface area contributed by atoms with Gasteiger partial charge in [-0.05, 0) is 38.3 Å². The highest BCUT2D eigenvalue weighted by molar-refractivity contribution is 7.92. The van der Waals surface area contributed by atoms with Crippen LogP contribution in [-0.2, 0) is 14.8 Å². The van der Waals surface area contributed by atoms with Crippen LogP contribution in [0.5, 0.6) is 0 Å². The van der Waals surface area contributed by atoms with E-state index in [0.717, 1.165) is 29.4 Å². The Bertz CT molecular complexity index is 644. The summed E-state index contributed by atoms with van der Waals surface area (Å²) in [6, 6.07) is 6.78. The van der Waals surface area contributed by atoms with Gasteiger partial charge in [-0.25, -0.2) is 8.42 Å². The van der Waals surface area contributed by atoms with Gasteiger partial charge >= 0.3 is 0 Å². The van der Waals surface area contributed by atoms with E-state index < -0.39 is 16.1 Å². The molecule has 0 radical (unpaired) electrons. The lowest BCUT2D eigenvalue weighted by molar-refractivity contribution is -0.131. The van der Waals surface area contributed by atoms with E-state index in [1.807, 2.05) is 31.2 Å². The summed E-state index contributed by atoms with van der Waals surface area (Å²) >= 11 is 0. The van der Waals surface area contributed by atoms with E-state index >= 15 is 0 Å². The van der Waals surface area contributed by atoms with Crippen molar-refractivity contribution < 1.29 is 13.2 Å². The fourth-order valence-electron chi connectivity index (χ4n) is 2.39. The molecule has 5 nitrogen and oxygen atoms in total. The Hall–Kier alpha value is -1.66. The number of sulfonamides is 1. The number of nitrogens with one attached hydrogen (secondary N) is 1. The van der Waals surface area contributed by atoms with Gasteiger partial charge in [-0.3, -0.25) is 4.79 Å². The molecule has 1 aromatic rings. The molecule has 1 atom stereocenters. The number of benzene rings is 1. The second-order valence-corrected chi connectivity index (χ2v) is 7.23. The second-order valence-electron chi connectivity index (χ2n) is 5.63.